The van der Waals surface area contributed by atoms with Gasteiger partial charge in [-0.3, -0.25) is 4.79 Å². The van der Waals surface area contributed by atoms with Crippen LogP contribution in [-0.2, 0) is 4.79 Å². The van der Waals surface area contributed by atoms with Crippen LogP contribution in [0.2, 0.25) is 0 Å². The smallest absolute Gasteiger partial charge is 0.225 e. The number of carbonyl (C=O) groups is 1. The number of hydrogen-bond donors (Lipinski definition) is 2. The summed E-state index contributed by atoms with van der Waals surface area (Å²) < 4.78 is 0. The molecule has 5 heteroatoms. The summed E-state index contributed by atoms with van der Waals surface area (Å²) in [5.41, 5.74) is 6.54. The molecular formula is C14H19N3OS. The van der Waals surface area contributed by atoms with Gasteiger partial charge in [-0.25, -0.2) is 0 Å². The van der Waals surface area contributed by atoms with Crippen LogP contribution in [0, 0.1) is 11.3 Å². The zero-order chi connectivity index (χ0) is 14.1. The first-order chi connectivity index (χ1) is 9.17. The Morgan fingerprint density at radius 3 is 2.95 bits per heavy atom. The van der Waals surface area contributed by atoms with Gasteiger partial charge in [-0.05, 0) is 25.1 Å². The first-order valence-electron chi connectivity index (χ1n) is 6.28. The van der Waals surface area contributed by atoms with Crippen molar-refractivity contribution in [3.63, 3.8) is 0 Å². The fourth-order valence-electron chi connectivity index (χ4n) is 1.57. The number of nitrogens with two attached hydrogens (primary N) is 1. The molecule has 1 aromatic carbocycles. The highest BCUT2D eigenvalue weighted by Gasteiger charge is 2.07. The molecule has 0 bridgehead atoms. The van der Waals surface area contributed by atoms with Gasteiger partial charge in [-0.2, -0.15) is 17.0 Å². The van der Waals surface area contributed by atoms with Crippen LogP contribution in [0.5, 0.6) is 0 Å². The quantitative estimate of drug-likeness (QED) is 0.802. The lowest BCUT2D eigenvalue weighted by Crippen LogP contribution is -2.14. The molecule has 0 spiro atoms. The van der Waals surface area contributed by atoms with E-state index in [0.717, 1.165) is 12.2 Å². The van der Waals surface area contributed by atoms with Crippen molar-refractivity contribution in [1.82, 2.24) is 0 Å². The standard InChI is InChI=1S/C14H19N3OS/c1-11(6-8-15)19-9-7-14(18)17-13-5-3-2-4-12(13)10-16/h2-5,11H,6-9,15H2,1H3,(H,17,18). The predicted octanol–water partition coefficient (Wildman–Crippen LogP) is 2.36. The summed E-state index contributed by atoms with van der Waals surface area (Å²) in [5.74, 6) is 0.706. The third-order valence-electron chi connectivity index (χ3n) is 2.63. The molecular weight excluding hydrogens is 258 g/mol. The average Bonchev–Trinajstić information content (AvgIpc) is 2.39. The predicted molar refractivity (Wildman–Crippen MR) is 80.0 cm³/mol. The molecule has 0 fully saturated rings. The monoisotopic (exact) mass is 277 g/mol. The van der Waals surface area contributed by atoms with Crippen molar-refractivity contribution in [2.75, 3.05) is 17.6 Å². The van der Waals surface area contributed by atoms with Crippen molar-refractivity contribution in [3.8, 4) is 6.07 Å². The number of anilines is 1. The molecule has 1 aromatic rings. The first kappa shape index (κ1) is 15.5. The van der Waals surface area contributed by atoms with E-state index < -0.39 is 0 Å². The van der Waals surface area contributed by atoms with Crippen molar-refractivity contribution in [1.29, 1.82) is 5.26 Å². The Kier molecular flexibility index (Phi) is 7.01. The summed E-state index contributed by atoms with van der Waals surface area (Å²) in [4.78, 5) is 11.8. The maximum absolute atomic E-state index is 11.8. The molecule has 0 aliphatic rings. The van der Waals surface area contributed by atoms with Crippen LogP contribution in [-0.4, -0.2) is 23.5 Å². The van der Waals surface area contributed by atoms with E-state index in [4.69, 9.17) is 11.0 Å². The lowest BCUT2D eigenvalue weighted by atomic mass is 10.2. The van der Waals surface area contributed by atoms with Crippen molar-refractivity contribution in [3.05, 3.63) is 29.8 Å². The van der Waals surface area contributed by atoms with E-state index in [1.54, 1.807) is 36.0 Å². The van der Waals surface area contributed by atoms with Gasteiger partial charge in [0.15, 0.2) is 0 Å². The molecule has 0 aliphatic carbocycles. The second-order valence-electron chi connectivity index (χ2n) is 4.21. The van der Waals surface area contributed by atoms with Crippen LogP contribution in [0.4, 0.5) is 5.69 Å². The summed E-state index contributed by atoms with van der Waals surface area (Å²) in [6.45, 7) is 2.79. The van der Waals surface area contributed by atoms with Gasteiger partial charge < -0.3 is 11.1 Å². The molecule has 1 amide bonds. The van der Waals surface area contributed by atoms with Crippen LogP contribution < -0.4 is 11.1 Å². The van der Waals surface area contributed by atoms with Gasteiger partial charge in [0, 0.05) is 17.4 Å². The van der Waals surface area contributed by atoms with Crippen LogP contribution in [0.25, 0.3) is 0 Å². The minimum absolute atomic E-state index is 0.0600. The lowest BCUT2D eigenvalue weighted by molar-refractivity contribution is -0.115. The van der Waals surface area contributed by atoms with Gasteiger partial charge in [-0.1, -0.05) is 19.1 Å². The number of nitrogens with one attached hydrogen (secondary N) is 1. The van der Waals surface area contributed by atoms with Crippen molar-refractivity contribution in [2.45, 2.75) is 25.0 Å². The molecule has 1 atom stereocenters. The van der Waals surface area contributed by atoms with Crippen LogP contribution >= 0.6 is 11.8 Å². The van der Waals surface area contributed by atoms with Crippen LogP contribution in [0.1, 0.15) is 25.3 Å². The SMILES string of the molecule is CC(CCN)SCCC(=O)Nc1ccccc1C#N. The van der Waals surface area contributed by atoms with E-state index in [2.05, 4.69) is 18.3 Å². The summed E-state index contributed by atoms with van der Waals surface area (Å²) in [5, 5.41) is 12.2. The molecule has 1 unspecified atom stereocenters. The number of rotatable bonds is 7. The number of amides is 1. The summed E-state index contributed by atoms with van der Waals surface area (Å²) in [6, 6.07) is 9.06. The highest BCUT2D eigenvalue weighted by molar-refractivity contribution is 7.99. The van der Waals surface area contributed by atoms with Crippen molar-refractivity contribution >= 4 is 23.4 Å². The zero-order valence-corrected chi connectivity index (χ0v) is 11.9. The third kappa shape index (κ3) is 5.77. The summed E-state index contributed by atoms with van der Waals surface area (Å²) in [7, 11) is 0. The molecule has 1 rings (SSSR count). The number of carbonyl (C=O) groups excluding carboxylic acids is 1. The fourth-order valence-corrected chi connectivity index (χ4v) is 2.58. The Morgan fingerprint density at radius 2 is 2.26 bits per heavy atom. The minimum Gasteiger partial charge on any atom is -0.330 e. The Bertz CT molecular complexity index is 456. The number of nitriles is 1. The molecule has 0 aromatic heterocycles. The molecule has 102 valence electrons. The summed E-state index contributed by atoms with van der Waals surface area (Å²) in [6.07, 6.45) is 1.41. The van der Waals surface area contributed by atoms with Gasteiger partial charge in [0.25, 0.3) is 0 Å². The first-order valence-corrected chi connectivity index (χ1v) is 7.33. The van der Waals surface area contributed by atoms with Gasteiger partial charge in [0.1, 0.15) is 6.07 Å². The molecule has 3 N–H and O–H groups in total. The highest BCUT2D eigenvalue weighted by Crippen LogP contribution is 2.16. The second kappa shape index (κ2) is 8.57. The van der Waals surface area contributed by atoms with Gasteiger partial charge in [-0.15, -0.1) is 0 Å². The maximum Gasteiger partial charge on any atom is 0.225 e. The number of hydrogen-bond acceptors (Lipinski definition) is 4. The largest absolute Gasteiger partial charge is 0.330 e. The fraction of sp³-hybridized carbons (Fsp3) is 0.429. The Balaban J connectivity index is 2.37. The third-order valence-corrected chi connectivity index (χ3v) is 3.87. The molecule has 0 heterocycles. The number of benzene rings is 1. The van der Waals surface area contributed by atoms with Crippen LogP contribution in [0.15, 0.2) is 24.3 Å². The molecule has 0 radical (unpaired) electrons. The molecule has 0 saturated carbocycles. The van der Waals surface area contributed by atoms with E-state index in [1.165, 1.54) is 0 Å². The van der Waals surface area contributed by atoms with Crippen molar-refractivity contribution < 1.29 is 4.79 Å². The number of para-hydroxylation sites is 1. The number of thioether (sulfide) groups is 1. The van der Waals surface area contributed by atoms with E-state index in [9.17, 15) is 4.79 Å². The molecule has 0 saturated heterocycles. The molecule has 19 heavy (non-hydrogen) atoms. The van der Waals surface area contributed by atoms with Gasteiger partial charge in [0.05, 0.1) is 11.3 Å². The molecule has 4 nitrogen and oxygen atoms in total. The zero-order valence-electron chi connectivity index (χ0n) is 11.1. The molecule has 0 aliphatic heterocycles. The minimum atomic E-state index is -0.0600. The highest BCUT2D eigenvalue weighted by atomic mass is 32.2. The maximum atomic E-state index is 11.8. The Hall–Kier alpha value is -1.51. The van der Waals surface area contributed by atoms with E-state index >= 15 is 0 Å². The van der Waals surface area contributed by atoms with E-state index in [-0.39, 0.29) is 5.91 Å². The van der Waals surface area contributed by atoms with Gasteiger partial charge >= 0.3 is 0 Å². The van der Waals surface area contributed by atoms with Gasteiger partial charge in [0.2, 0.25) is 5.91 Å². The average molecular weight is 277 g/mol. The Morgan fingerprint density at radius 1 is 1.53 bits per heavy atom. The van der Waals surface area contributed by atoms with E-state index in [0.29, 0.717) is 29.5 Å². The lowest BCUT2D eigenvalue weighted by Gasteiger charge is -2.10. The second-order valence-corrected chi connectivity index (χ2v) is 5.76. The van der Waals surface area contributed by atoms with E-state index in [1.807, 2.05) is 0 Å². The Labute approximate surface area is 118 Å². The topological polar surface area (TPSA) is 78.9 Å². The number of nitrogens with zero attached hydrogens (tertiary/aromatic N) is 1. The normalized spacial score (nSPS) is 11.6. The van der Waals surface area contributed by atoms with Crippen LogP contribution in [0.3, 0.4) is 0 Å². The van der Waals surface area contributed by atoms with Crippen molar-refractivity contribution in [2.24, 2.45) is 5.73 Å². The summed E-state index contributed by atoms with van der Waals surface area (Å²) >= 11 is 1.74.